The van der Waals surface area contributed by atoms with Crippen LogP contribution in [0.15, 0.2) is 18.2 Å². The monoisotopic (exact) mass is 261 g/mol. The Labute approximate surface area is 117 Å². The molecule has 0 atom stereocenters. The maximum absolute atomic E-state index is 4.79. The number of nitrogens with one attached hydrogen (secondary N) is 1. The first-order valence-electron chi connectivity index (χ1n) is 7.37. The molecule has 0 aliphatic heterocycles. The Bertz CT molecular complexity index is 416. The minimum absolute atomic E-state index is 0.0497. The molecule has 3 nitrogen and oxygen atoms in total. The van der Waals surface area contributed by atoms with Crippen LogP contribution in [0.1, 0.15) is 47.5 Å². The van der Waals surface area contributed by atoms with Crippen LogP contribution in [0.2, 0.25) is 0 Å². The number of pyridine rings is 1. The van der Waals surface area contributed by atoms with E-state index in [1.807, 2.05) is 0 Å². The molecule has 1 saturated carbocycles. The lowest BCUT2D eigenvalue weighted by Gasteiger charge is -2.27. The predicted molar refractivity (Wildman–Crippen MR) is 82.8 cm³/mol. The van der Waals surface area contributed by atoms with Crippen molar-refractivity contribution in [2.24, 2.45) is 5.92 Å². The van der Waals surface area contributed by atoms with Gasteiger partial charge in [-0.25, -0.2) is 4.98 Å². The molecule has 1 aromatic heterocycles. The Balaban J connectivity index is 2.15. The molecule has 106 valence electrons. The second-order valence-electron chi connectivity index (χ2n) is 7.03. The molecule has 0 spiro atoms. The number of nitrogens with zero attached hydrogens (tertiary/aromatic N) is 2. The van der Waals surface area contributed by atoms with Crippen molar-refractivity contribution in [3.8, 4) is 0 Å². The van der Waals surface area contributed by atoms with Gasteiger partial charge in [0.05, 0.1) is 0 Å². The largest absolute Gasteiger partial charge is 0.365 e. The molecule has 1 fully saturated rings. The highest BCUT2D eigenvalue weighted by molar-refractivity contribution is 5.49. The molecule has 3 heteroatoms. The number of hydrogen-bond acceptors (Lipinski definition) is 3. The van der Waals surface area contributed by atoms with Gasteiger partial charge in [-0.15, -0.1) is 0 Å². The molecule has 0 unspecified atom stereocenters. The second kappa shape index (κ2) is 5.40. The van der Waals surface area contributed by atoms with Crippen LogP contribution >= 0.6 is 0 Å². The van der Waals surface area contributed by atoms with Crippen molar-refractivity contribution in [1.29, 1.82) is 0 Å². The second-order valence-corrected chi connectivity index (χ2v) is 7.03. The Morgan fingerprint density at radius 3 is 2.53 bits per heavy atom. The van der Waals surface area contributed by atoms with Gasteiger partial charge in [0, 0.05) is 18.1 Å². The maximum Gasteiger partial charge on any atom is 0.131 e. The van der Waals surface area contributed by atoms with Crippen LogP contribution in [-0.2, 0) is 0 Å². The van der Waals surface area contributed by atoms with Crippen LogP contribution in [0.3, 0.4) is 0 Å². The van der Waals surface area contributed by atoms with E-state index in [0.717, 1.165) is 18.2 Å². The molecular weight excluding hydrogens is 234 g/mol. The zero-order chi connectivity index (χ0) is 14.0. The van der Waals surface area contributed by atoms with Crippen LogP contribution in [0, 0.1) is 5.92 Å². The summed E-state index contributed by atoms with van der Waals surface area (Å²) in [5, 5.41) is 3.45. The molecule has 1 heterocycles. The van der Waals surface area contributed by atoms with Crippen molar-refractivity contribution >= 4 is 11.6 Å². The van der Waals surface area contributed by atoms with Crippen LogP contribution in [0.5, 0.6) is 0 Å². The third-order valence-electron chi connectivity index (χ3n) is 3.08. The van der Waals surface area contributed by atoms with Crippen molar-refractivity contribution < 1.29 is 0 Å². The van der Waals surface area contributed by atoms with Crippen molar-refractivity contribution in [2.75, 3.05) is 16.8 Å². The summed E-state index contributed by atoms with van der Waals surface area (Å²) in [7, 11) is 0. The van der Waals surface area contributed by atoms with Crippen molar-refractivity contribution in [1.82, 2.24) is 4.98 Å². The van der Waals surface area contributed by atoms with E-state index in [1.165, 1.54) is 12.8 Å². The minimum Gasteiger partial charge on any atom is -0.365 e. The van der Waals surface area contributed by atoms with Gasteiger partial charge in [0.2, 0.25) is 0 Å². The van der Waals surface area contributed by atoms with Crippen LogP contribution < -0.4 is 10.2 Å². The first kappa shape index (κ1) is 14.2. The zero-order valence-electron chi connectivity index (χ0n) is 12.9. The van der Waals surface area contributed by atoms with E-state index in [1.54, 1.807) is 0 Å². The fourth-order valence-electron chi connectivity index (χ4n) is 2.25. The summed E-state index contributed by atoms with van der Waals surface area (Å²) >= 11 is 0. The number of anilines is 2. The molecule has 0 radical (unpaired) electrons. The van der Waals surface area contributed by atoms with Crippen molar-refractivity contribution in [3.63, 3.8) is 0 Å². The van der Waals surface area contributed by atoms with E-state index in [4.69, 9.17) is 4.98 Å². The fourth-order valence-corrected chi connectivity index (χ4v) is 2.25. The molecule has 0 aromatic carbocycles. The Hall–Kier alpha value is -1.25. The normalized spacial score (nSPS) is 15.7. The third-order valence-corrected chi connectivity index (χ3v) is 3.08. The molecule has 2 rings (SSSR count). The first-order chi connectivity index (χ1) is 8.85. The molecule has 0 bridgehead atoms. The number of aromatic nitrogens is 1. The quantitative estimate of drug-likeness (QED) is 0.871. The highest BCUT2D eigenvalue weighted by Gasteiger charge is 2.30. The average molecular weight is 261 g/mol. The Morgan fingerprint density at radius 2 is 2.00 bits per heavy atom. The highest BCUT2D eigenvalue weighted by Crippen LogP contribution is 2.32. The summed E-state index contributed by atoms with van der Waals surface area (Å²) in [5.74, 6) is 2.76. The lowest BCUT2D eigenvalue weighted by Crippen LogP contribution is -2.31. The lowest BCUT2D eigenvalue weighted by molar-refractivity contribution is 0.601. The maximum atomic E-state index is 4.79. The van der Waals surface area contributed by atoms with Gasteiger partial charge >= 0.3 is 0 Å². The standard InChI is InChI=1S/C16H27N3/c1-12(2)11-19(13-9-10-13)15-8-6-7-14(17-15)18-16(3,4)5/h6-8,12-13H,9-11H2,1-5H3,(H,17,18). The SMILES string of the molecule is CC(C)CN(c1cccc(NC(C)(C)C)n1)C1CC1. The number of hydrogen-bond donors (Lipinski definition) is 1. The zero-order valence-corrected chi connectivity index (χ0v) is 12.9. The summed E-state index contributed by atoms with van der Waals surface area (Å²) in [6.45, 7) is 12.1. The summed E-state index contributed by atoms with van der Waals surface area (Å²) in [6, 6.07) is 7.00. The fraction of sp³-hybridized carbons (Fsp3) is 0.688. The van der Waals surface area contributed by atoms with E-state index in [-0.39, 0.29) is 5.54 Å². The Kier molecular flexibility index (Phi) is 4.02. The third kappa shape index (κ3) is 4.41. The van der Waals surface area contributed by atoms with Gasteiger partial charge in [0.1, 0.15) is 11.6 Å². The molecule has 0 amide bonds. The molecule has 19 heavy (non-hydrogen) atoms. The first-order valence-corrected chi connectivity index (χ1v) is 7.37. The van der Waals surface area contributed by atoms with Gasteiger partial charge in [-0.2, -0.15) is 0 Å². The van der Waals surface area contributed by atoms with Crippen LogP contribution in [0.4, 0.5) is 11.6 Å². The summed E-state index contributed by atoms with van der Waals surface area (Å²) in [5.41, 5.74) is 0.0497. The van der Waals surface area contributed by atoms with Gasteiger partial charge in [-0.3, -0.25) is 0 Å². The predicted octanol–water partition coefficient (Wildman–Crippen LogP) is 3.92. The van der Waals surface area contributed by atoms with Crippen molar-refractivity contribution in [2.45, 2.75) is 59.0 Å². The summed E-state index contributed by atoms with van der Waals surface area (Å²) in [6.07, 6.45) is 2.62. The number of rotatable bonds is 5. The van der Waals surface area contributed by atoms with Crippen LogP contribution in [0.25, 0.3) is 0 Å². The van der Waals surface area contributed by atoms with Crippen LogP contribution in [-0.4, -0.2) is 23.1 Å². The molecular formula is C16H27N3. The molecule has 0 saturated heterocycles. The minimum atomic E-state index is 0.0497. The summed E-state index contributed by atoms with van der Waals surface area (Å²) < 4.78 is 0. The highest BCUT2D eigenvalue weighted by atomic mass is 15.2. The van der Waals surface area contributed by atoms with E-state index in [9.17, 15) is 0 Å². The van der Waals surface area contributed by atoms with Crippen molar-refractivity contribution in [3.05, 3.63) is 18.2 Å². The van der Waals surface area contributed by atoms with Gasteiger partial charge in [0.25, 0.3) is 0 Å². The van der Waals surface area contributed by atoms with Gasteiger partial charge in [0.15, 0.2) is 0 Å². The van der Waals surface area contributed by atoms with E-state index in [2.05, 4.69) is 63.0 Å². The van der Waals surface area contributed by atoms with E-state index in [0.29, 0.717) is 12.0 Å². The molecule has 1 aromatic rings. The molecule has 1 aliphatic rings. The van der Waals surface area contributed by atoms with E-state index < -0.39 is 0 Å². The van der Waals surface area contributed by atoms with Gasteiger partial charge in [-0.1, -0.05) is 19.9 Å². The van der Waals surface area contributed by atoms with Gasteiger partial charge < -0.3 is 10.2 Å². The summed E-state index contributed by atoms with van der Waals surface area (Å²) in [4.78, 5) is 7.26. The molecule has 1 aliphatic carbocycles. The topological polar surface area (TPSA) is 28.2 Å². The smallest absolute Gasteiger partial charge is 0.131 e. The Morgan fingerprint density at radius 1 is 1.32 bits per heavy atom. The van der Waals surface area contributed by atoms with E-state index >= 15 is 0 Å². The molecule has 1 N–H and O–H groups in total. The average Bonchev–Trinajstić information content (AvgIpc) is 3.07. The van der Waals surface area contributed by atoms with Gasteiger partial charge in [-0.05, 0) is 51.7 Å². The lowest BCUT2D eigenvalue weighted by atomic mass is 10.1.